The van der Waals surface area contributed by atoms with Crippen molar-refractivity contribution < 1.29 is 9.53 Å². The van der Waals surface area contributed by atoms with E-state index in [1.165, 1.54) is 11.3 Å². The minimum absolute atomic E-state index is 0.0153. The second-order valence-corrected chi connectivity index (χ2v) is 9.24. The third-order valence-corrected chi connectivity index (χ3v) is 6.89. The SMILES string of the molecule is Cc1cccc(C)c1OC1CCN(C(=O)c2csc(-c3cnn(-c4ccccc4)c3)n2)CC1. The summed E-state index contributed by atoms with van der Waals surface area (Å²) in [6, 6.07) is 16.1. The highest BCUT2D eigenvalue weighted by Crippen LogP contribution is 2.28. The summed E-state index contributed by atoms with van der Waals surface area (Å²) in [5, 5.41) is 7.08. The van der Waals surface area contributed by atoms with Gasteiger partial charge in [-0.25, -0.2) is 9.67 Å². The molecule has 0 spiro atoms. The summed E-state index contributed by atoms with van der Waals surface area (Å²) in [7, 11) is 0. The lowest BCUT2D eigenvalue weighted by atomic mass is 10.1. The fraction of sp³-hybridized carbons (Fsp3) is 0.269. The van der Waals surface area contributed by atoms with E-state index in [1.54, 1.807) is 6.20 Å². The lowest BCUT2D eigenvalue weighted by Crippen LogP contribution is -2.42. The number of piperidine rings is 1. The van der Waals surface area contributed by atoms with Crippen LogP contribution < -0.4 is 4.74 Å². The number of hydrogen-bond acceptors (Lipinski definition) is 5. The second-order valence-electron chi connectivity index (χ2n) is 8.38. The van der Waals surface area contributed by atoms with Crippen LogP contribution in [0, 0.1) is 13.8 Å². The maximum atomic E-state index is 13.1. The number of thiazole rings is 1. The Morgan fingerprint density at radius 2 is 1.76 bits per heavy atom. The average molecular weight is 459 g/mol. The highest BCUT2D eigenvalue weighted by Gasteiger charge is 2.27. The molecule has 1 saturated heterocycles. The summed E-state index contributed by atoms with van der Waals surface area (Å²) in [6.07, 6.45) is 5.50. The van der Waals surface area contributed by atoms with E-state index in [4.69, 9.17) is 4.74 Å². The summed E-state index contributed by atoms with van der Waals surface area (Å²) >= 11 is 1.47. The maximum Gasteiger partial charge on any atom is 0.273 e. The molecule has 4 aromatic rings. The zero-order chi connectivity index (χ0) is 22.8. The number of carbonyl (C=O) groups is 1. The van der Waals surface area contributed by atoms with Crippen LogP contribution in [0.2, 0.25) is 0 Å². The number of aryl methyl sites for hydroxylation is 2. The molecular weight excluding hydrogens is 432 g/mol. The van der Waals surface area contributed by atoms with E-state index < -0.39 is 0 Å². The van der Waals surface area contributed by atoms with E-state index in [1.807, 2.05) is 57.6 Å². The summed E-state index contributed by atoms with van der Waals surface area (Å²) in [5.41, 5.74) is 4.70. The predicted octanol–water partition coefficient (Wildman–Crippen LogP) is 5.30. The van der Waals surface area contributed by atoms with Crippen molar-refractivity contribution >= 4 is 17.2 Å². The molecule has 1 aliphatic rings. The van der Waals surface area contributed by atoms with E-state index in [9.17, 15) is 4.79 Å². The standard InChI is InChI=1S/C26H26N4O2S/c1-18-7-6-8-19(2)24(18)32-22-11-13-29(14-12-22)26(31)23-17-33-25(28-23)20-15-27-30(16-20)21-9-4-3-5-10-21/h3-10,15-17,22H,11-14H2,1-2H3. The van der Waals surface area contributed by atoms with Gasteiger partial charge in [-0.3, -0.25) is 4.79 Å². The molecule has 168 valence electrons. The minimum atomic E-state index is -0.0153. The van der Waals surface area contributed by atoms with Gasteiger partial charge in [-0.2, -0.15) is 5.10 Å². The Bertz CT molecular complexity index is 1240. The first kappa shape index (κ1) is 21.4. The van der Waals surface area contributed by atoms with E-state index >= 15 is 0 Å². The predicted molar refractivity (Wildman–Crippen MR) is 130 cm³/mol. The first-order chi connectivity index (χ1) is 16.1. The van der Waals surface area contributed by atoms with Gasteiger partial charge < -0.3 is 9.64 Å². The monoisotopic (exact) mass is 458 g/mol. The molecule has 1 aliphatic heterocycles. The number of amides is 1. The molecule has 2 aromatic heterocycles. The molecule has 0 N–H and O–H groups in total. The van der Waals surface area contributed by atoms with Crippen LogP contribution in [-0.2, 0) is 0 Å². The van der Waals surface area contributed by atoms with Crippen molar-refractivity contribution in [2.75, 3.05) is 13.1 Å². The molecular formula is C26H26N4O2S. The van der Waals surface area contributed by atoms with Gasteiger partial charge in [0.25, 0.3) is 5.91 Å². The van der Waals surface area contributed by atoms with Crippen LogP contribution >= 0.6 is 11.3 Å². The molecule has 2 aromatic carbocycles. The van der Waals surface area contributed by atoms with Crippen molar-refractivity contribution in [3.8, 4) is 22.0 Å². The van der Waals surface area contributed by atoms with Crippen molar-refractivity contribution in [2.45, 2.75) is 32.8 Å². The van der Waals surface area contributed by atoms with Crippen molar-refractivity contribution in [3.63, 3.8) is 0 Å². The van der Waals surface area contributed by atoms with Gasteiger partial charge in [-0.1, -0.05) is 36.4 Å². The average Bonchev–Trinajstić information content (AvgIpc) is 3.52. The molecule has 0 bridgehead atoms. The van der Waals surface area contributed by atoms with Crippen LogP contribution in [0.25, 0.3) is 16.3 Å². The molecule has 0 aliphatic carbocycles. The number of aromatic nitrogens is 3. The number of carbonyl (C=O) groups excluding carboxylic acids is 1. The number of rotatable bonds is 5. The van der Waals surface area contributed by atoms with Crippen LogP contribution in [0.3, 0.4) is 0 Å². The minimum Gasteiger partial charge on any atom is -0.490 e. The van der Waals surface area contributed by atoms with E-state index in [0.717, 1.165) is 46.0 Å². The third kappa shape index (κ3) is 4.54. The molecule has 5 rings (SSSR count). The first-order valence-corrected chi connectivity index (χ1v) is 12.0. The topological polar surface area (TPSA) is 60.2 Å². The van der Waals surface area contributed by atoms with Gasteiger partial charge in [0.15, 0.2) is 0 Å². The van der Waals surface area contributed by atoms with Gasteiger partial charge in [-0.15, -0.1) is 11.3 Å². The lowest BCUT2D eigenvalue weighted by molar-refractivity contribution is 0.0588. The largest absolute Gasteiger partial charge is 0.490 e. The summed E-state index contributed by atoms with van der Waals surface area (Å²) in [5.74, 6) is 0.959. The Hall–Kier alpha value is -3.45. The van der Waals surface area contributed by atoms with E-state index in [-0.39, 0.29) is 12.0 Å². The summed E-state index contributed by atoms with van der Waals surface area (Å²) in [6.45, 7) is 5.50. The number of nitrogens with zero attached hydrogens (tertiary/aromatic N) is 4. The number of likely N-dealkylation sites (tertiary alicyclic amines) is 1. The molecule has 3 heterocycles. The molecule has 1 fully saturated rings. The van der Waals surface area contributed by atoms with Crippen LogP contribution in [0.5, 0.6) is 5.75 Å². The van der Waals surface area contributed by atoms with Crippen molar-refractivity contribution in [2.24, 2.45) is 0 Å². The Labute approximate surface area is 197 Å². The highest BCUT2D eigenvalue weighted by molar-refractivity contribution is 7.13. The van der Waals surface area contributed by atoms with E-state index in [0.29, 0.717) is 18.8 Å². The summed E-state index contributed by atoms with van der Waals surface area (Å²) in [4.78, 5) is 19.6. The Kier molecular flexibility index (Phi) is 5.96. The van der Waals surface area contributed by atoms with Crippen LogP contribution in [0.1, 0.15) is 34.5 Å². The zero-order valence-electron chi connectivity index (χ0n) is 18.8. The molecule has 0 radical (unpaired) electrons. The highest BCUT2D eigenvalue weighted by atomic mass is 32.1. The molecule has 1 amide bonds. The maximum absolute atomic E-state index is 13.1. The van der Waals surface area contributed by atoms with Gasteiger partial charge in [-0.05, 0) is 37.1 Å². The molecule has 33 heavy (non-hydrogen) atoms. The van der Waals surface area contributed by atoms with E-state index in [2.05, 4.69) is 36.1 Å². The lowest BCUT2D eigenvalue weighted by Gasteiger charge is -2.32. The van der Waals surface area contributed by atoms with Gasteiger partial charge >= 0.3 is 0 Å². The molecule has 6 nitrogen and oxygen atoms in total. The smallest absolute Gasteiger partial charge is 0.273 e. The summed E-state index contributed by atoms with van der Waals surface area (Å²) < 4.78 is 8.11. The van der Waals surface area contributed by atoms with Crippen LogP contribution in [0.15, 0.2) is 66.3 Å². The Balaban J connectivity index is 1.22. The fourth-order valence-corrected chi connectivity index (χ4v) is 4.92. The van der Waals surface area contributed by atoms with Crippen LogP contribution in [0.4, 0.5) is 0 Å². The van der Waals surface area contributed by atoms with Crippen LogP contribution in [-0.4, -0.2) is 44.8 Å². The second kappa shape index (κ2) is 9.19. The van der Waals surface area contributed by atoms with Gasteiger partial charge in [0.2, 0.25) is 0 Å². The van der Waals surface area contributed by atoms with Gasteiger partial charge in [0.1, 0.15) is 22.6 Å². The molecule has 0 unspecified atom stereocenters. The first-order valence-electron chi connectivity index (χ1n) is 11.2. The third-order valence-electron chi connectivity index (χ3n) is 6.00. The normalized spacial score (nSPS) is 14.4. The number of benzene rings is 2. The molecule has 7 heteroatoms. The van der Waals surface area contributed by atoms with Crippen molar-refractivity contribution in [1.29, 1.82) is 0 Å². The van der Waals surface area contributed by atoms with Gasteiger partial charge in [0.05, 0.1) is 11.9 Å². The van der Waals surface area contributed by atoms with Crippen molar-refractivity contribution in [3.05, 3.63) is 83.1 Å². The van der Waals surface area contributed by atoms with Crippen molar-refractivity contribution in [1.82, 2.24) is 19.7 Å². The Morgan fingerprint density at radius 1 is 1.03 bits per heavy atom. The Morgan fingerprint density at radius 3 is 2.48 bits per heavy atom. The number of para-hydroxylation sites is 2. The number of ether oxygens (including phenoxy) is 1. The number of hydrogen-bond donors (Lipinski definition) is 0. The van der Waals surface area contributed by atoms with Gasteiger partial charge in [0, 0.05) is 43.1 Å². The zero-order valence-corrected chi connectivity index (χ0v) is 19.6. The molecule has 0 atom stereocenters. The fourth-order valence-electron chi connectivity index (χ4n) is 4.15. The quantitative estimate of drug-likeness (QED) is 0.407. The molecule has 0 saturated carbocycles.